The molecule has 4 heteroatoms. The third kappa shape index (κ3) is 3.21. The lowest BCUT2D eigenvalue weighted by atomic mass is 10.0. The van der Waals surface area contributed by atoms with Gasteiger partial charge in [-0.1, -0.05) is 5.92 Å². The molecule has 0 N–H and O–H groups in total. The van der Waals surface area contributed by atoms with Gasteiger partial charge in [0.25, 0.3) is 0 Å². The summed E-state index contributed by atoms with van der Waals surface area (Å²) >= 11 is 1.58. The number of rotatable bonds is 1. The van der Waals surface area contributed by atoms with Crippen LogP contribution in [0.1, 0.15) is 21.8 Å². The third-order valence-electron chi connectivity index (χ3n) is 3.18. The van der Waals surface area contributed by atoms with Crippen LogP contribution in [0.5, 0.6) is 0 Å². The lowest BCUT2D eigenvalue weighted by molar-refractivity contribution is 0.627. The average Bonchev–Trinajstić information content (AvgIpc) is 2.92. The third-order valence-corrected chi connectivity index (χ3v) is 3.96. The van der Waals surface area contributed by atoms with Crippen molar-refractivity contribution in [3.8, 4) is 23.1 Å². The number of benzene rings is 1. The Morgan fingerprint density at radius 1 is 1.09 bits per heavy atom. The van der Waals surface area contributed by atoms with Gasteiger partial charge in [-0.15, -0.1) is 11.3 Å². The Morgan fingerprint density at radius 3 is 2.59 bits per heavy atom. The van der Waals surface area contributed by atoms with E-state index in [1.54, 1.807) is 23.6 Å². The zero-order valence-electron chi connectivity index (χ0n) is 12.2. The molecule has 22 heavy (non-hydrogen) atoms. The van der Waals surface area contributed by atoms with Gasteiger partial charge in [-0.25, -0.2) is 9.37 Å². The fraction of sp³-hybridized carbons (Fsp3) is 0.111. The number of pyridine rings is 1. The van der Waals surface area contributed by atoms with Crippen molar-refractivity contribution in [1.82, 2.24) is 9.97 Å². The van der Waals surface area contributed by atoms with Crippen LogP contribution in [0, 0.1) is 31.5 Å². The molecule has 0 atom stereocenters. The highest BCUT2D eigenvalue weighted by molar-refractivity contribution is 7.09. The first-order valence-electron chi connectivity index (χ1n) is 6.78. The summed E-state index contributed by atoms with van der Waals surface area (Å²) in [6, 6.07) is 8.52. The fourth-order valence-corrected chi connectivity index (χ4v) is 2.64. The van der Waals surface area contributed by atoms with Gasteiger partial charge in [0.2, 0.25) is 0 Å². The monoisotopic (exact) mass is 308 g/mol. The van der Waals surface area contributed by atoms with Crippen LogP contribution in [0.4, 0.5) is 4.39 Å². The number of aryl methyl sites for hydroxylation is 2. The van der Waals surface area contributed by atoms with E-state index in [9.17, 15) is 4.39 Å². The molecule has 3 aromatic rings. The fourth-order valence-electron chi connectivity index (χ4n) is 2.10. The van der Waals surface area contributed by atoms with Gasteiger partial charge in [0, 0.05) is 22.7 Å². The van der Waals surface area contributed by atoms with Gasteiger partial charge >= 0.3 is 0 Å². The minimum atomic E-state index is -0.234. The highest BCUT2D eigenvalue weighted by Crippen LogP contribution is 2.22. The minimum Gasteiger partial charge on any atom is -0.255 e. The van der Waals surface area contributed by atoms with Gasteiger partial charge in [-0.2, -0.15) is 0 Å². The number of halogens is 1. The van der Waals surface area contributed by atoms with Crippen molar-refractivity contribution in [2.75, 3.05) is 0 Å². The standard InChI is InChI=1S/C18H13FN2S/c1-12-9-15(19)5-7-17(12)18-8-4-14(10-20-18)3-6-16-11-22-13(2)21-16/h4-5,7-11H,1-2H3. The molecule has 0 radical (unpaired) electrons. The van der Waals surface area contributed by atoms with Crippen molar-refractivity contribution >= 4 is 11.3 Å². The molecule has 108 valence electrons. The van der Waals surface area contributed by atoms with Gasteiger partial charge in [0.15, 0.2) is 0 Å². The molecule has 0 amide bonds. The van der Waals surface area contributed by atoms with E-state index in [-0.39, 0.29) is 5.82 Å². The molecule has 2 aromatic heterocycles. The molecule has 1 aromatic carbocycles. The Labute approximate surface area is 132 Å². The van der Waals surface area contributed by atoms with Gasteiger partial charge in [0.05, 0.1) is 10.7 Å². The maximum absolute atomic E-state index is 13.1. The van der Waals surface area contributed by atoms with E-state index in [0.717, 1.165) is 33.1 Å². The number of nitrogens with zero attached hydrogens (tertiary/aromatic N) is 2. The smallest absolute Gasteiger partial charge is 0.124 e. The van der Waals surface area contributed by atoms with E-state index in [0.29, 0.717) is 0 Å². The highest BCUT2D eigenvalue weighted by Gasteiger charge is 2.04. The molecule has 0 aliphatic heterocycles. The zero-order valence-corrected chi connectivity index (χ0v) is 13.0. The first kappa shape index (κ1) is 14.4. The first-order valence-corrected chi connectivity index (χ1v) is 7.66. The second-order valence-corrected chi connectivity index (χ2v) is 5.96. The molecule has 0 aliphatic rings. The lowest BCUT2D eigenvalue weighted by Gasteiger charge is -2.05. The Morgan fingerprint density at radius 2 is 1.95 bits per heavy atom. The normalized spacial score (nSPS) is 10.1. The number of aromatic nitrogens is 2. The summed E-state index contributed by atoms with van der Waals surface area (Å²) in [6.45, 7) is 3.83. The predicted molar refractivity (Wildman–Crippen MR) is 87.2 cm³/mol. The molecule has 0 spiro atoms. The Balaban J connectivity index is 1.85. The number of thiazole rings is 1. The molecule has 0 aliphatic carbocycles. The second-order valence-electron chi connectivity index (χ2n) is 4.89. The molecule has 2 heterocycles. The molecule has 0 fully saturated rings. The zero-order chi connectivity index (χ0) is 15.5. The molecule has 3 rings (SSSR count). The maximum Gasteiger partial charge on any atom is 0.124 e. The van der Waals surface area contributed by atoms with E-state index in [1.165, 1.54) is 12.1 Å². The highest BCUT2D eigenvalue weighted by atomic mass is 32.1. The molecule has 0 unspecified atom stereocenters. The van der Waals surface area contributed by atoms with Crippen molar-refractivity contribution in [1.29, 1.82) is 0 Å². The summed E-state index contributed by atoms with van der Waals surface area (Å²) < 4.78 is 13.1. The van der Waals surface area contributed by atoms with E-state index < -0.39 is 0 Å². The summed E-state index contributed by atoms with van der Waals surface area (Å²) in [6.07, 6.45) is 1.73. The summed E-state index contributed by atoms with van der Waals surface area (Å²) in [5.41, 5.74) is 4.21. The molecular formula is C18H13FN2S. The van der Waals surface area contributed by atoms with Crippen molar-refractivity contribution in [3.63, 3.8) is 0 Å². The quantitative estimate of drug-likeness (QED) is 0.624. The van der Waals surface area contributed by atoms with Crippen molar-refractivity contribution in [3.05, 3.63) is 69.6 Å². The SMILES string of the molecule is Cc1nc(C#Cc2ccc(-c3ccc(F)cc3C)nc2)cs1. The predicted octanol–water partition coefficient (Wildman–Crippen LogP) is 4.36. The van der Waals surface area contributed by atoms with Crippen molar-refractivity contribution in [2.45, 2.75) is 13.8 Å². The summed E-state index contributed by atoms with van der Waals surface area (Å²) in [7, 11) is 0. The van der Waals surface area contributed by atoms with Crippen molar-refractivity contribution in [2.24, 2.45) is 0 Å². The van der Waals surface area contributed by atoms with Crippen LogP contribution in [0.3, 0.4) is 0 Å². The summed E-state index contributed by atoms with van der Waals surface area (Å²) in [4.78, 5) is 8.71. The average molecular weight is 308 g/mol. The maximum atomic E-state index is 13.1. The van der Waals surface area contributed by atoms with E-state index in [1.807, 2.05) is 31.4 Å². The molecule has 0 saturated heterocycles. The van der Waals surface area contributed by atoms with Crippen LogP contribution in [-0.4, -0.2) is 9.97 Å². The Bertz CT molecular complexity index is 870. The Hall–Kier alpha value is -2.51. The number of hydrogen-bond acceptors (Lipinski definition) is 3. The second kappa shape index (κ2) is 6.08. The summed E-state index contributed by atoms with van der Waals surface area (Å²) in [5.74, 6) is 5.83. The van der Waals surface area contributed by atoms with E-state index in [2.05, 4.69) is 21.8 Å². The first-order chi connectivity index (χ1) is 10.6. The van der Waals surface area contributed by atoms with Crippen LogP contribution >= 0.6 is 11.3 Å². The molecule has 2 nitrogen and oxygen atoms in total. The molecule has 0 bridgehead atoms. The minimum absolute atomic E-state index is 0.234. The van der Waals surface area contributed by atoms with E-state index >= 15 is 0 Å². The van der Waals surface area contributed by atoms with Crippen LogP contribution in [-0.2, 0) is 0 Å². The lowest BCUT2D eigenvalue weighted by Crippen LogP contribution is -1.89. The van der Waals surface area contributed by atoms with Crippen LogP contribution in [0.15, 0.2) is 41.9 Å². The van der Waals surface area contributed by atoms with Crippen molar-refractivity contribution < 1.29 is 4.39 Å². The van der Waals surface area contributed by atoms with Crippen LogP contribution in [0.25, 0.3) is 11.3 Å². The van der Waals surface area contributed by atoms with Gasteiger partial charge < -0.3 is 0 Å². The van der Waals surface area contributed by atoms with Crippen LogP contribution in [0.2, 0.25) is 0 Å². The molecule has 0 saturated carbocycles. The van der Waals surface area contributed by atoms with E-state index in [4.69, 9.17) is 0 Å². The largest absolute Gasteiger partial charge is 0.255 e. The Kier molecular flexibility index (Phi) is 3.99. The topological polar surface area (TPSA) is 25.8 Å². The molecular weight excluding hydrogens is 295 g/mol. The van der Waals surface area contributed by atoms with Gasteiger partial charge in [-0.05, 0) is 55.7 Å². The summed E-state index contributed by atoms with van der Waals surface area (Å²) in [5, 5.41) is 2.94. The van der Waals surface area contributed by atoms with Crippen LogP contribution < -0.4 is 0 Å². The van der Waals surface area contributed by atoms with Gasteiger partial charge in [0.1, 0.15) is 11.5 Å². The van der Waals surface area contributed by atoms with Gasteiger partial charge in [-0.3, -0.25) is 4.98 Å². The number of hydrogen-bond donors (Lipinski definition) is 0.